The van der Waals surface area contributed by atoms with Crippen molar-refractivity contribution in [2.24, 2.45) is 5.73 Å². The van der Waals surface area contributed by atoms with Crippen LogP contribution in [0.3, 0.4) is 0 Å². The Labute approximate surface area is 115 Å². The van der Waals surface area contributed by atoms with Gasteiger partial charge in [0.05, 0.1) is 5.56 Å². The largest absolute Gasteiger partial charge is 0.433 e. The van der Waals surface area contributed by atoms with Gasteiger partial charge in [0.25, 0.3) is 0 Å². The molecule has 1 aromatic rings. The third-order valence-electron chi connectivity index (χ3n) is 2.93. The Morgan fingerprint density at radius 3 is 2.45 bits per heavy atom. The van der Waals surface area contributed by atoms with Gasteiger partial charge in [-0.05, 0) is 12.1 Å². The van der Waals surface area contributed by atoms with Crippen molar-refractivity contribution in [2.75, 3.05) is 29.5 Å². The fourth-order valence-electron chi connectivity index (χ4n) is 1.91. The van der Waals surface area contributed by atoms with E-state index in [0.717, 1.165) is 12.1 Å². The molecule has 1 fully saturated rings. The van der Waals surface area contributed by atoms with Crippen LogP contribution in [-0.2, 0) is 17.0 Å². The second-order valence-corrected chi connectivity index (χ2v) is 6.01. The molecule has 2 heterocycles. The minimum atomic E-state index is -4.55. The molecule has 0 amide bonds. The van der Waals surface area contributed by atoms with Gasteiger partial charge in [-0.2, -0.15) is 13.2 Å². The first-order chi connectivity index (χ1) is 9.29. The number of nitrogens with zero attached hydrogens (tertiary/aromatic N) is 2. The van der Waals surface area contributed by atoms with Gasteiger partial charge in [-0.3, -0.25) is 9.62 Å². The summed E-state index contributed by atoms with van der Waals surface area (Å²) in [5, 5.41) is 7.43. The fourth-order valence-corrected chi connectivity index (χ4v) is 2.96. The minimum absolute atomic E-state index is 0.0315. The molecule has 1 aliphatic rings. The second kappa shape index (κ2) is 5.39. The molecule has 0 atom stereocenters. The number of hydrogen-bond acceptors (Lipinski definition) is 4. The van der Waals surface area contributed by atoms with Crippen molar-refractivity contribution < 1.29 is 17.4 Å². The van der Waals surface area contributed by atoms with E-state index in [2.05, 4.69) is 4.98 Å². The topological polar surface area (TPSA) is 83.1 Å². The first kappa shape index (κ1) is 14.8. The van der Waals surface area contributed by atoms with Crippen molar-refractivity contribution in [3.8, 4) is 0 Å². The first-order valence-electron chi connectivity index (χ1n) is 5.81. The normalized spacial score (nSPS) is 17.2. The SMILES string of the molecule is N=C(N)c1ccc(C(F)(F)F)nc1N1CCS(=O)CC1. The van der Waals surface area contributed by atoms with E-state index in [-0.39, 0.29) is 17.2 Å². The molecule has 0 aliphatic carbocycles. The summed E-state index contributed by atoms with van der Waals surface area (Å²) in [6, 6.07) is 1.96. The Bertz CT molecular complexity index is 551. The van der Waals surface area contributed by atoms with E-state index in [9.17, 15) is 17.4 Å². The summed E-state index contributed by atoms with van der Waals surface area (Å²) >= 11 is 0. The van der Waals surface area contributed by atoms with Gasteiger partial charge < -0.3 is 10.6 Å². The summed E-state index contributed by atoms with van der Waals surface area (Å²) in [7, 11) is -0.951. The number of nitrogens with one attached hydrogen (secondary N) is 1. The summed E-state index contributed by atoms with van der Waals surface area (Å²) in [5.74, 6) is 0.432. The molecule has 2 rings (SSSR count). The Kier molecular flexibility index (Phi) is 3.98. The molecule has 1 aromatic heterocycles. The van der Waals surface area contributed by atoms with Crippen LogP contribution in [0, 0.1) is 5.41 Å². The predicted octanol–water partition coefficient (Wildman–Crippen LogP) is 0.953. The monoisotopic (exact) mass is 306 g/mol. The molecule has 20 heavy (non-hydrogen) atoms. The van der Waals surface area contributed by atoms with Crippen LogP contribution >= 0.6 is 0 Å². The maximum Gasteiger partial charge on any atom is 0.433 e. The van der Waals surface area contributed by atoms with Gasteiger partial charge in [-0.15, -0.1) is 0 Å². The lowest BCUT2D eigenvalue weighted by molar-refractivity contribution is -0.141. The molecular weight excluding hydrogens is 293 g/mol. The Morgan fingerprint density at radius 1 is 1.35 bits per heavy atom. The van der Waals surface area contributed by atoms with E-state index in [1.54, 1.807) is 4.90 Å². The number of pyridine rings is 1. The van der Waals surface area contributed by atoms with E-state index in [1.807, 2.05) is 0 Å². The number of aromatic nitrogens is 1. The molecular formula is C11H13F3N4OS. The average molecular weight is 306 g/mol. The molecule has 1 aliphatic heterocycles. The summed E-state index contributed by atoms with van der Waals surface area (Å²) in [4.78, 5) is 5.19. The lowest BCUT2D eigenvalue weighted by Gasteiger charge is -2.29. The van der Waals surface area contributed by atoms with Crippen LogP contribution in [0.2, 0.25) is 0 Å². The van der Waals surface area contributed by atoms with E-state index < -0.39 is 22.7 Å². The molecule has 5 nitrogen and oxygen atoms in total. The molecule has 0 radical (unpaired) electrons. The van der Waals surface area contributed by atoms with Crippen molar-refractivity contribution in [2.45, 2.75) is 6.18 Å². The lowest BCUT2D eigenvalue weighted by atomic mass is 10.2. The van der Waals surface area contributed by atoms with E-state index in [4.69, 9.17) is 11.1 Å². The van der Waals surface area contributed by atoms with Gasteiger partial charge in [0, 0.05) is 35.4 Å². The van der Waals surface area contributed by atoms with Crippen LogP contribution < -0.4 is 10.6 Å². The summed E-state index contributed by atoms with van der Waals surface area (Å²) in [5.41, 5.74) is 4.52. The van der Waals surface area contributed by atoms with Gasteiger partial charge in [-0.25, -0.2) is 4.98 Å². The standard InChI is InChI=1S/C11H13F3N4OS/c12-11(13,14)8-2-1-7(9(15)16)10(17-8)18-3-5-20(19)6-4-18/h1-2H,3-6H2,(H3,15,16). The van der Waals surface area contributed by atoms with Crippen molar-refractivity contribution in [1.82, 2.24) is 4.98 Å². The highest BCUT2D eigenvalue weighted by Crippen LogP contribution is 2.30. The number of halogens is 3. The third kappa shape index (κ3) is 3.09. The number of alkyl halides is 3. The number of amidine groups is 1. The average Bonchev–Trinajstić information content (AvgIpc) is 2.37. The van der Waals surface area contributed by atoms with Gasteiger partial charge in [0.2, 0.25) is 0 Å². The number of nitrogen functional groups attached to an aromatic ring is 1. The molecule has 110 valence electrons. The molecule has 1 saturated heterocycles. The van der Waals surface area contributed by atoms with Gasteiger partial charge >= 0.3 is 6.18 Å². The highest BCUT2D eigenvalue weighted by atomic mass is 32.2. The van der Waals surface area contributed by atoms with Crippen molar-refractivity contribution in [1.29, 1.82) is 5.41 Å². The van der Waals surface area contributed by atoms with Crippen LogP contribution in [0.5, 0.6) is 0 Å². The maximum absolute atomic E-state index is 12.7. The molecule has 0 spiro atoms. The predicted molar refractivity (Wildman–Crippen MR) is 70.3 cm³/mol. The van der Waals surface area contributed by atoms with Gasteiger partial charge in [0.15, 0.2) is 0 Å². The van der Waals surface area contributed by atoms with Gasteiger partial charge in [0.1, 0.15) is 17.3 Å². The second-order valence-electron chi connectivity index (χ2n) is 4.31. The van der Waals surface area contributed by atoms with Gasteiger partial charge in [-0.1, -0.05) is 0 Å². The first-order valence-corrected chi connectivity index (χ1v) is 7.30. The quantitative estimate of drug-likeness (QED) is 0.629. The third-order valence-corrected chi connectivity index (χ3v) is 4.21. The van der Waals surface area contributed by atoms with Crippen molar-refractivity contribution in [3.05, 3.63) is 23.4 Å². The Balaban J connectivity index is 2.42. The zero-order valence-electron chi connectivity index (χ0n) is 10.4. The molecule has 3 N–H and O–H groups in total. The van der Waals surface area contributed by atoms with Crippen LogP contribution in [0.4, 0.5) is 19.0 Å². The zero-order valence-corrected chi connectivity index (χ0v) is 11.2. The number of rotatable bonds is 2. The number of anilines is 1. The van der Waals surface area contributed by atoms with Crippen LogP contribution in [0.1, 0.15) is 11.3 Å². The summed E-state index contributed by atoms with van der Waals surface area (Å²) in [6.45, 7) is 0.669. The van der Waals surface area contributed by atoms with E-state index in [1.165, 1.54) is 0 Å². The highest BCUT2D eigenvalue weighted by molar-refractivity contribution is 7.85. The van der Waals surface area contributed by atoms with E-state index >= 15 is 0 Å². The molecule has 0 bridgehead atoms. The number of hydrogen-bond donors (Lipinski definition) is 2. The summed E-state index contributed by atoms with van der Waals surface area (Å²) in [6.07, 6.45) is -4.55. The van der Waals surface area contributed by atoms with E-state index in [0.29, 0.717) is 24.6 Å². The minimum Gasteiger partial charge on any atom is -0.384 e. The zero-order chi connectivity index (χ0) is 14.9. The molecule has 0 aromatic carbocycles. The molecule has 9 heteroatoms. The van der Waals surface area contributed by atoms with Crippen LogP contribution in [0.15, 0.2) is 12.1 Å². The van der Waals surface area contributed by atoms with Crippen LogP contribution in [-0.4, -0.2) is 39.6 Å². The van der Waals surface area contributed by atoms with Crippen molar-refractivity contribution >= 4 is 22.5 Å². The Morgan fingerprint density at radius 2 is 1.95 bits per heavy atom. The maximum atomic E-state index is 12.7. The molecule has 0 saturated carbocycles. The smallest absolute Gasteiger partial charge is 0.384 e. The van der Waals surface area contributed by atoms with Crippen molar-refractivity contribution in [3.63, 3.8) is 0 Å². The summed E-state index contributed by atoms with van der Waals surface area (Å²) < 4.78 is 49.4. The highest BCUT2D eigenvalue weighted by Gasteiger charge is 2.34. The molecule has 0 unspecified atom stereocenters. The van der Waals surface area contributed by atoms with Crippen LogP contribution in [0.25, 0.3) is 0 Å². The number of nitrogens with two attached hydrogens (primary N) is 1. The lowest BCUT2D eigenvalue weighted by Crippen LogP contribution is -2.39. The Hall–Kier alpha value is -1.64. The fraction of sp³-hybridized carbons (Fsp3) is 0.455.